The molecule has 0 heterocycles. The van der Waals surface area contributed by atoms with Crippen molar-refractivity contribution < 1.29 is 27.3 Å². The summed E-state index contributed by atoms with van der Waals surface area (Å²) < 4.78 is 41.8. The van der Waals surface area contributed by atoms with Crippen LogP contribution in [0.25, 0.3) is 0 Å². The van der Waals surface area contributed by atoms with Crippen molar-refractivity contribution in [3.63, 3.8) is 0 Å². The van der Waals surface area contributed by atoms with E-state index in [2.05, 4.69) is 5.32 Å². The molecular weight excluding hydrogens is 539 g/mol. The monoisotopic (exact) mass is 570 g/mol. The van der Waals surface area contributed by atoms with Crippen molar-refractivity contribution in [2.24, 2.45) is 0 Å². The minimum Gasteiger partial charge on any atom is -0.350 e. The standard InChI is InChI=1S/C28H31FN4O6S/c1-20(27(35)30-28(2,3)4)31(18-21-10-12-22(29)13-11-21)26(34)19-32(23-14-16-24(17-15-23)33(36)37)40(38,39)25-8-6-5-7-9-25/h5-17,20H,18-19H2,1-4H3,(H,30,35). The van der Waals surface area contributed by atoms with Gasteiger partial charge in [-0.15, -0.1) is 0 Å². The molecule has 1 unspecified atom stereocenters. The zero-order valence-electron chi connectivity index (χ0n) is 22.6. The van der Waals surface area contributed by atoms with Gasteiger partial charge in [0.2, 0.25) is 11.8 Å². The zero-order chi connectivity index (χ0) is 29.7. The second-order valence-electron chi connectivity index (χ2n) is 10.2. The first-order valence-corrected chi connectivity index (χ1v) is 13.8. The van der Waals surface area contributed by atoms with Gasteiger partial charge in [-0.3, -0.25) is 24.0 Å². The van der Waals surface area contributed by atoms with E-state index in [4.69, 9.17) is 0 Å². The molecule has 0 saturated heterocycles. The molecule has 0 spiro atoms. The summed E-state index contributed by atoms with van der Waals surface area (Å²) in [6.45, 7) is 6.07. The van der Waals surface area contributed by atoms with Crippen LogP contribution in [0.5, 0.6) is 0 Å². The van der Waals surface area contributed by atoms with Crippen LogP contribution in [-0.2, 0) is 26.2 Å². The molecule has 12 heteroatoms. The highest BCUT2D eigenvalue weighted by atomic mass is 32.2. The van der Waals surface area contributed by atoms with Crippen LogP contribution in [0, 0.1) is 15.9 Å². The van der Waals surface area contributed by atoms with Crippen molar-refractivity contribution in [3.8, 4) is 0 Å². The van der Waals surface area contributed by atoms with Gasteiger partial charge in [0.05, 0.1) is 15.5 Å². The molecule has 1 atom stereocenters. The summed E-state index contributed by atoms with van der Waals surface area (Å²) in [6.07, 6.45) is 0. The number of benzene rings is 3. The third-order valence-corrected chi connectivity index (χ3v) is 7.68. The highest BCUT2D eigenvalue weighted by Gasteiger charge is 2.33. The van der Waals surface area contributed by atoms with E-state index in [1.54, 1.807) is 26.8 Å². The van der Waals surface area contributed by atoms with Crippen LogP contribution in [0.2, 0.25) is 0 Å². The lowest BCUT2D eigenvalue weighted by atomic mass is 10.1. The molecule has 0 aromatic heterocycles. The number of nitrogens with zero attached hydrogens (tertiary/aromatic N) is 3. The lowest BCUT2D eigenvalue weighted by molar-refractivity contribution is -0.384. The average Bonchev–Trinajstić information content (AvgIpc) is 2.90. The van der Waals surface area contributed by atoms with Gasteiger partial charge in [0, 0.05) is 24.2 Å². The Balaban J connectivity index is 2.04. The first-order valence-electron chi connectivity index (χ1n) is 12.4. The number of hydrogen-bond acceptors (Lipinski definition) is 6. The largest absolute Gasteiger partial charge is 0.350 e. The number of hydrogen-bond donors (Lipinski definition) is 1. The third kappa shape index (κ3) is 7.63. The maximum absolute atomic E-state index is 13.8. The number of nitrogens with one attached hydrogen (secondary N) is 1. The Hall–Kier alpha value is -4.32. The summed E-state index contributed by atoms with van der Waals surface area (Å²) in [7, 11) is -4.30. The van der Waals surface area contributed by atoms with E-state index < -0.39 is 50.7 Å². The lowest BCUT2D eigenvalue weighted by Crippen LogP contribution is -2.54. The van der Waals surface area contributed by atoms with E-state index in [1.807, 2.05) is 0 Å². The maximum atomic E-state index is 13.8. The van der Waals surface area contributed by atoms with Crippen LogP contribution in [0.4, 0.5) is 15.8 Å². The zero-order valence-corrected chi connectivity index (χ0v) is 23.4. The highest BCUT2D eigenvalue weighted by molar-refractivity contribution is 7.92. The van der Waals surface area contributed by atoms with Crippen molar-refractivity contribution in [3.05, 3.63) is 100 Å². The predicted molar refractivity (Wildman–Crippen MR) is 148 cm³/mol. The van der Waals surface area contributed by atoms with Crippen molar-refractivity contribution in [2.45, 2.75) is 50.7 Å². The number of nitro groups is 1. The fourth-order valence-electron chi connectivity index (χ4n) is 3.83. The lowest BCUT2D eigenvalue weighted by Gasteiger charge is -2.33. The van der Waals surface area contributed by atoms with E-state index in [0.29, 0.717) is 5.56 Å². The van der Waals surface area contributed by atoms with E-state index in [-0.39, 0.29) is 22.8 Å². The minimum atomic E-state index is -4.30. The van der Waals surface area contributed by atoms with Gasteiger partial charge < -0.3 is 10.2 Å². The summed E-state index contributed by atoms with van der Waals surface area (Å²) in [4.78, 5) is 38.5. The number of carbonyl (C=O) groups excluding carboxylic acids is 2. The van der Waals surface area contributed by atoms with Gasteiger partial charge in [0.25, 0.3) is 15.7 Å². The molecule has 0 bridgehead atoms. The van der Waals surface area contributed by atoms with Crippen molar-refractivity contribution in [1.82, 2.24) is 10.2 Å². The number of non-ortho nitro benzene ring substituents is 1. The molecule has 2 amide bonds. The number of carbonyl (C=O) groups is 2. The number of rotatable bonds is 10. The molecule has 3 aromatic carbocycles. The topological polar surface area (TPSA) is 130 Å². The van der Waals surface area contributed by atoms with Crippen LogP contribution in [0.1, 0.15) is 33.3 Å². The van der Waals surface area contributed by atoms with Crippen LogP contribution in [0.3, 0.4) is 0 Å². The fraction of sp³-hybridized carbons (Fsp3) is 0.286. The highest BCUT2D eigenvalue weighted by Crippen LogP contribution is 2.26. The van der Waals surface area contributed by atoms with Gasteiger partial charge in [0.15, 0.2) is 0 Å². The van der Waals surface area contributed by atoms with E-state index in [0.717, 1.165) is 16.4 Å². The quantitative estimate of drug-likeness (QED) is 0.286. The Kier molecular flexibility index (Phi) is 9.25. The number of amides is 2. The summed E-state index contributed by atoms with van der Waals surface area (Å²) in [5.41, 5.74) is -0.302. The number of halogens is 1. The third-order valence-electron chi connectivity index (χ3n) is 5.89. The minimum absolute atomic E-state index is 0.0244. The number of nitro benzene ring substituents is 1. The molecule has 212 valence electrons. The van der Waals surface area contributed by atoms with E-state index >= 15 is 0 Å². The Morgan fingerprint density at radius 3 is 2.08 bits per heavy atom. The molecule has 40 heavy (non-hydrogen) atoms. The molecule has 10 nitrogen and oxygen atoms in total. The first kappa shape index (κ1) is 30.2. The van der Waals surface area contributed by atoms with Crippen molar-refractivity contribution in [2.75, 3.05) is 10.8 Å². The second-order valence-corrected chi connectivity index (χ2v) is 12.0. The molecule has 1 N–H and O–H groups in total. The smallest absolute Gasteiger partial charge is 0.269 e. The summed E-state index contributed by atoms with van der Waals surface area (Å²) >= 11 is 0. The molecule has 0 fully saturated rings. The molecule has 0 aliphatic carbocycles. The van der Waals surface area contributed by atoms with Gasteiger partial charge in [-0.1, -0.05) is 30.3 Å². The maximum Gasteiger partial charge on any atom is 0.269 e. The first-order chi connectivity index (χ1) is 18.7. The SMILES string of the molecule is CC(C(=O)NC(C)(C)C)N(Cc1ccc(F)cc1)C(=O)CN(c1ccc([N+](=O)[O-])cc1)S(=O)(=O)c1ccccc1. The summed E-state index contributed by atoms with van der Waals surface area (Å²) in [6, 6.07) is 16.6. The van der Waals surface area contributed by atoms with Gasteiger partial charge in [0.1, 0.15) is 18.4 Å². The van der Waals surface area contributed by atoms with Crippen LogP contribution >= 0.6 is 0 Å². The average molecular weight is 571 g/mol. The molecular formula is C28H31FN4O6S. The van der Waals surface area contributed by atoms with Gasteiger partial charge in [-0.05, 0) is 69.7 Å². The molecule has 3 rings (SSSR count). The molecule has 0 aliphatic rings. The summed E-state index contributed by atoms with van der Waals surface area (Å²) in [5, 5.41) is 14.0. The molecule has 0 saturated carbocycles. The normalized spacial score (nSPS) is 12.3. The van der Waals surface area contributed by atoms with Gasteiger partial charge >= 0.3 is 0 Å². The van der Waals surface area contributed by atoms with Gasteiger partial charge in [-0.2, -0.15) is 0 Å². The van der Waals surface area contributed by atoms with Crippen molar-refractivity contribution >= 4 is 33.2 Å². The molecule has 0 radical (unpaired) electrons. The predicted octanol–water partition coefficient (Wildman–Crippen LogP) is 4.26. The van der Waals surface area contributed by atoms with Gasteiger partial charge in [-0.25, -0.2) is 12.8 Å². The Labute approximate surface area is 232 Å². The van der Waals surface area contributed by atoms with Crippen LogP contribution < -0.4 is 9.62 Å². The van der Waals surface area contributed by atoms with Crippen LogP contribution in [-0.4, -0.2) is 48.2 Å². The summed E-state index contributed by atoms with van der Waals surface area (Å²) in [5.74, 6) is -1.65. The fourth-order valence-corrected chi connectivity index (χ4v) is 5.27. The Bertz CT molecular complexity index is 1460. The molecule has 3 aromatic rings. The van der Waals surface area contributed by atoms with Crippen molar-refractivity contribution in [1.29, 1.82) is 0 Å². The second kappa shape index (κ2) is 12.2. The Morgan fingerprint density at radius 1 is 0.975 bits per heavy atom. The van der Waals surface area contributed by atoms with E-state index in [9.17, 15) is 32.5 Å². The van der Waals surface area contributed by atoms with E-state index in [1.165, 1.54) is 72.5 Å². The molecule has 0 aliphatic heterocycles. The van der Waals surface area contributed by atoms with Crippen LogP contribution in [0.15, 0.2) is 83.8 Å². The number of anilines is 1. The Morgan fingerprint density at radius 2 is 1.55 bits per heavy atom. The number of sulfonamides is 1.